The standard InChI is InChI=1S/C14H19ClO/c1-14(2)8-4-7-12(14)13(16)10-5-3-6-11(15)9-10/h3,5-6,9,12-13,16H,4,7-8H2,1-2H3. The van der Waals surface area contributed by atoms with Gasteiger partial charge in [0.1, 0.15) is 0 Å². The molecule has 1 aliphatic rings. The third-order valence-electron chi connectivity index (χ3n) is 3.91. The first-order chi connectivity index (χ1) is 7.50. The minimum Gasteiger partial charge on any atom is -0.388 e. The first-order valence-corrected chi connectivity index (χ1v) is 6.32. The van der Waals surface area contributed by atoms with Crippen LogP contribution in [0.25, 0.3) is 0 Å². The van der Waals surface area contributed by atoms with Crippen LogP contribution in [-0.2, 0) is 0 Å². The minimum atomic E-state index is -0.379. The van der Waals surface area contributed by atoms with E-state index in [0.717, 1.165) is 12.0 Å². The van der Waals surface area contributed by atoms with Crippen molar-refractivity contribution in [2.45, 2.75) is 39.2 Å². The molecule has 1 nitrogen and oxygen atoms in total. The molecule has 0 heterocycles. The predicted molar refractivity (Wildman–Crippen MR) is 67.5 cm³/mol. The fraction of sp³-hybridized carbons (Fsp3) is 0.571. The zero-order chi connectivity index (χ0) is 11.8. The Labute approximate surface area is 102 Å². The van der Waals surface area contributed by atoms with E-state index in [2.05, 4.69) is 13.8 Å². The van der Waals surface area contributed by atoms with Gasteiger partial charge in [-0.2, -0.15) is 0 Å². The molecule has 1 saturated carbocycles. The first kappa shape index (κ1) is 11.9. The molecule has 2 heteroatoms. The van der Waals surface area contributed by atoms with Crippen LogP contribution in [0.2, 0.25) is 5.02 Å². The number of rotatable bonds is 2. The van der Waals surface area contributed by atoms with Crippen molar-refractivity contribution in [1.82, 2.24) is 0 Å². The molecule has 2 atom stereocenters. The molecule has 0 aromatic heterocycles. The number of hydrogen-bond donors (Lipinski definition) is 1. The highest BCUT2D eigenvalue weighted by atomic mass is 35.5. The van der Waals surface area contributed by atoms with Gasteiger partial charge in [0.25, 0.3) is 0 Å². The smallest absolute Gasteiger partial charge is 0.0823 e. The SMILES string of the molecule is CC1(C)CCCC1C(O)c1cccc(Cl)c1. The Bertz CT molecular complexity index is 373. The highest BCUT2D eigenvalue weighted by Crippen LogP contribution is 2.48. The maximum atomic E-state index is 10.4. The van der Waals surface area contributed by atoms with Gasteiger partial charge in [-0.05, 0) is 41.9 Å². The first-order valence-electron chi connectivity index (χ1n) is 5.94. The minimum absolute atomic E-state index is 0.238. The summed E-state index contributed by atoms with van der Waals surface area (Å²) in [6, 6.07) is 7.59. The van der Waals surface area contributed by atoms with Gasteiger partial charge in [0.15, 0.2) is 0 Å². The summed E-state index contributed by atoms with van der Waals surface area (Å²) in [7, 11) is 0. The van der Waals surface area contributed by atoms with Crippen molar-refractivity contribution in [3.8, 4) is 0 Å². The molecular formula is C14H19ClO. The zero-order valence-corrected chi connectivity index (χ0v) is 10.7. The molecule has 1 aliphatic carbocycles. The predicted octanol–water partition coefficient (Wildman–Crippen LogP) is 4.20. The fourth-order valence-corrected chi connectivity index (χ4v) is 3.06. The second-order valence-electron chi connectivity index (χ2n) is 5.49. The quantitative estimate of drug-likeness (QED) is 0.819. The van der Waals surface area contributed by atoms with Crippen molar-refractivity contribution in [3.63, 3.8) is 0 Å². The number of halogens is 1. The van der Waals surface area contributed by atoms with E-state index in [1.807, 2.05) is 24.3 Å². The highest BCUT2D eigenvalue weighted by molar-refractivity contribution is 6.30. The van der Waals surface area contributed by atoms with Crippen LogP contribution in [-0.4, -0.2) is 5.11 Å². The third kappa shape index (κ3) is 2.26. The van der Waals surface area contributed by atoms with Crippen LogP contribution in [0.5, 0.6) is 0 Å². The monoisotopic (exact) mass is 238 g/mol. The van der Waals surface area contributed by atoms with Crippen molar-refractivity contribution in [2.75, 3.05) is 0 Å². The molecule has 1 aromatic rings. The van der Waals surface area contributed by atoms with E-state index >= 15 is 0 Å². The average molecular weight is 239 g/mol. The topological polar surface area (TPSA) is 20.2 Å². The maximum absolute atomic E-state index is 10.4. The van der Waals surface area contributed by atoms with Gasteiger partial charge < -0.3 is 5.11 Å². The molecule has 0 radical (unpaired) electrons. The summed E-state index contributed by atoms with van der Waals surface area (Å²) in [5.41, 5.74) is 1.19. The molecule has 0 spiro atoms. The third-order valence-corrected chi connectivity index (χ3v) is 4.15. The molecule has 1 aromatic carbocycles. The van der Waals surface area contributed by atoms with E-state index in [0.29, 0.717) is 10.9 Å². The van der Waals surface area contributed by atoms with Gasteiger partial charge in [0.2, 0.25) is 0 Å². The van der Waals surface area contributed by atoms with Gasteiger partial charge in [-0.3, -0.25) is 0 Å². The molecular weight excluding hydrogens is 220 g/mol. The van der Waals surface area contributed by atoms with Crippen LogP contribution in [0.15, 0.2) is 24.3 Å². The van der Waals surface area contributed by atoms with Crippen LogP contribution < -0.4 is 0 Å². The van der Waals surface area contributed by atoms with E-state index in [-0.39, 0.29) is 11.5 Å². The molecule has 0 saturated heterocycles. The van der Waals surface area contributed by atoms with Crippen molar-refractivity contribution in [1.29, 1.82) is 0 Å². The number of benzene rings is 1. The summed E-state index contributed by atoms with van der Waals surface area (Å²) in [5, 5.41) is 11.1. The normalized spacial score (nSPS) is 25.6. The lowest BCUT2D eigenvalue weighted by Gasteiger charge is -2.31. The lowest BCUT2D eigenvalue weighted by molar-refractivity contribution is 0.0531. The van der Waals surface area contributed by atoms with Gasteiger partial charge in [0, 0.05) is 5.02 Å². The van der Waals surface area contributed by atoms with Gasteiger partial charge in [-0.25, -0.2) is 0 Å². The fourth-order valence-electron chi connectivity index (χ4n) is 2.86. The van der Waals surface area contributed by atoms with E-state index in [9.17, 15) is 5.11 Å². The molecule has 0 bridgehead atoms. The van der Waals surface area contributed by atoms with Crippen LogP contribution >= 0.6 is 11.6 Å². The van der Waals surface area contributed by atoms with Crippen molar-refractivity contribution in [2.24, 2.45) is 11.3 Å². The maximum Gasteiger partial charge on any atom is 0.0823 e. The molecule has 1 fully saturated rings. The Kier molecular flexibility index (Phi) is 3.27. The summed E-state index contributed by atoms with van der Waals surface area (Å²) in [6.45, 7) is 4.50. The summed E-state index contributed by atoms with van der Waals surface area (Å²) in [5.74, 6) is 0.353. The summed E-state index contributed by atoms with van der Waals surface area (Å²) < 4.78 is 0. The van der Waals surface area contributed by atoms with E-state index < -0.39 is 0 Å². The van der Waals surface area contributed by atoms with Gasteiger partial charge in [0.05, 0.1) is 6.10 Å². The van der Waals surface area contributed by atoms with Crippen LogP contribution in [0.3, 0.4) is 0 Å². The van der Waals surface area contributed by atoms with Crippen molar-refractivity contribution >= 4 is 11.6 Å². The van der Waals surface area contributed by atoms with E-state index in [1.54, 1.807) is 0 Å². The highest BCUT2D eigenvalue weighted by Gasteiger charge is 2.39. The molecule has 2 unspecified atom stereocenters. The Morgan fingerprint density at radius 2 is 2.19 bits per heavy atom. The average Bonchev–Trinajstić information content (AvgIpc) is 2.57. The Hall–Kier alpha value is -0.530. The van der Waals surface area contributed by atoms with Crippen LogP contribution in [0.4, 0.5) is 0 Å². The zero-order valence-electron chi connectivity index (χ0n) is 9.91. The molecule has 0 aliphatic heterocycles. The molecule has 0 amide bonds. The largest absolute Gasteiger partial charge is 0.388 e. The lowest BCUT2D eigenvalue weighted by atomic mass is 9.77. The second-order valence-corrected chi connectivity index (χ2v) is 5.92. The number of hydrogen-bond acceptors (Lipinski definition) is 1. The van der Waals surface area contributed by atoms with E-state index in [4.69, 9.17) is 11.6 Å². The van der Waals surface area contributed by atoms with Crippen molar-refractivity contribution in [3.05, 3.63) is 34.9 Å². The lowest BCUT2D eigenvalue weighted by Crippen LogP contribution is -2.24. The molecule has 1 N–H and O–H groups in total. The Morgan fingerprint density at radius 3 is 2.75 bits per heavy atom. The van der Waals surface area contributed by atoms with Gasteiger partial charge >= 0.3 is 0 Å². The molecule has 88 valence electrons. The number of aliphatic hydroxyl groups excluding tert-OH is 1. The number of aliphatic hydroxyl groups is 1. The van der Waals surface area contributed by atoms with Crippen molar-refractivity contribution < 1.29 is 5.11 Å². The van der Waals surface area contributed by atoms with Gasteiger partial charge in [-0.15, -0.1) is 0 Å². The van der Waals surface area contributed by atoms with E-state index in [1.165, 1.54) is 12.8 Å². The van der Waals surface area contributed by atoms with Crippen LogP contribution in [0, 0.1) is 11.3 Å². The summed E-state index contributed by atoms with van der Waals surface area (Å²) in [4.78, 5) is 0. The summed E-state index contributed by atoms with van der Waals surface area (Å²) >= 11 is 5.96. The Balaban J connectivity index is 2.22. The second kappa shape index (κ2) is 4.38. The molecule has 16 heavy (non-hydrogen) atoms. The summed E-state index contributed by atoms with van der Waals surface area (Å²) in [6.07, 6.45) is 3.15. The van der Waals surface area contributed by atoms with Gasteiger partial charge in [-0.1, -0.05) is 44.0 Å². The van der Waals surface area contributed by atoms with Crippen LogP contribution in [0.1, 0.15) is 44.8 Å². The molecule has 2 rings (SSSR count). The Morgan fingerprint density at radius 1 is 1.44 bits per heavy atom.